The number of hydrogen-bond donors (Lipinski definition) is 1. The number of ether oxygens (including phenoxy) is 2. The van der Waals surface area contributed by atoms with Crippen molar-refractivity contribution >= 4 is 17.2 Å². The number of carbonyl (C=O) groups is 1. The molecule has 1 aromatic heterocycles. The van der Waals surface area contributed by atoms with Gasteiger partial charge in [0, 0.05) is 20.3 Å². The van der Waals surface area contributed by atoms with E-state index in [0.717, 1.165) is 45.5 Å². The quantitative estimate of drug-likeness (QED) is 0.891. The minimum atomic E-state index is -0.0388. The Bertz CT molecular complexity index is 498. The Labute approximate surface area is 142 Å². The molecule has 3 heterocycles. The molecule has 1 amide bonds. The SMILES string of the molecule is COCC(=O)N[C@@H]1COCCC12CCN(Cc1ccsc1)CC2. The number of carbonyl (C=O) groups excluding carboxylic acids is 1. The number of piperidine rings is 1. The molecule has 2 aliphatic heterocycles. The monoisotopic (exact) mass is 338 g/mol. The minimum Gasteiger partial charge on any atom is -0.379 e. The first-order valence-corrected chi connectivity index (χ1v) is 9.26. The van der Waals surface area contributed by atoms with Crippen LogP contribution >= 0.6 is 11.3 Å². The van der Waals surface area contributed by atoms with E-state index in [-0.39, 0.29) is 24.0 Å². The minimum absolute atomic E-state index is 0.0388. The van der Waals surface area contributed by atoms with Crippen molar-refractivity contribution in [2.75, 3.05) is 40.0 Å². The third kappa shape index (κ3) is 4.12. The lowest BCUT2D eigenvalue weighted by atomic mass is 9.69. The molecule has 1 N–H and O–H groups in total. The lowest BCUT2D eigenvalue weighted by molar-refractivity contribution is -0.130. The smallest absolute Gasteiger partial charge is 0.246 e. The molecule has 23 heavy (non-hydrogen) atoms. The van der Waals surface area contributed by atoms with Crippen LogP contribution in [0, 0.1) is 5.41 Å². The molecule has 1 atom stereocenters. The van der Waals surface area contributed by atoms with Gasteiger partial charge in [0.05, 0.1) is 12.6 Å². The van der Waals surface area contributed by atoms with Crippen molar-refractivity contribution in [2.45, 2.75) is 31.8 Å². The summed E-state index contributed by atoms with van der Waals surface area (Å²) >= 11 is 1.76. The van der Waals surface area contributed by atoms with Crippen LogP contribution in [-0.4, -0.2) is 56.9 Å². The van der Waals surface area contributed by atoms with E-state index in [1.165, 1.54) is 5.56 Å². The van der Waals surface area contributed by atoms with E-state index in [0.29, 0.717) is 6.61 Å². The highest BCUT2D eigenvalue weighted by Crippen LogP contribution is 2.41. The second-order valence-corrected chi connectivity index (χ2v) is 7.43. The van der Waals surface area contributed by atoms with E-state index in [1.54, 1.807) is 18.4 Å². The lowest BCUT2D eigenvalue weighted by Gasteiger charge is -2.49. The fourth-order valence-corrected chi connectivity index (χ4v) is 4.45. The number of methoxy groups -OCH3 is 1. The van der Waals surface area contributed by atoms with Gasteiger partial charge in [-0.15, -0.1) is 0 Å². The maximum atomic E-state index is 11.9. The number of nitrogens with zero attached hydrogens (tertiary/aromatic N) is 1. The molecule has 1 spiro atoms. The van der Waals surface area contributed by atoms with Crippen molar-refractivity contribution in [3.8, 4) is 0 Å². The van der Waals surface area contributed by atoms with Crippen molar-refractivity contribution in [3.63, 3.8) is 0 Å². The molecule has 3 rings (SSSR count). The third-order valence-corrected chi connectivity index (χ3v) is 5.95. The zero-order chi connectivity index (χ0) is 16.1. The number of thiophene rings is 1. The number of likely N-dealkylation sites (tertiary alicyclic amines) is 1. The summed E-state index contributed by atoms with van der Waals surface area (Å²) in [6.45, 7) is 4.77. The van der Waals surface area contributed by atoms with Crippen LogP contribution in [0.4, 0.5) is 0 Å². The van der Waals surface area contributed by atoms with Crippen LogP contribution < -0.4 is 5.32 Å². The fourth-order valence-electron chi connectivity index (χ4n) is 3.79. The number of rotatable bonds is 5. The summed E-state index contributed by atoms with van der Waals surface area (Å²) in [5, 5.41) is 7.50. The summed E-state index contributed by atoms with van der Waals surface area (Å²) in [6.07, 6.45) is 3.29. The van der Waals surface area contributed by atoms with Crippen LogP contribution in [-0.2, 0) is 20.8 Å². The fraction of sp³-hybridized carbons (Fsp3) is 0.706. The number of hydrogen-bond acceptors (Lipinski definition) is 5. The van der Waals surface area contributed by atoms with E-state index >= 15 is 0 Å². The summed E-state index contributed by atoms with van der Waals surface area (Å²) < 4.78 is 10.6. The summed E-state index contributed by atoms with van der Waals surface area (Å²) in [7, 11) is 1.55. The topological polar surface area (TPSA) is 50.8 Å². The molecule has 128 valence electrons. The third-order valence-electron chi connectivity index (χ3n) is 5.22. The molecular weight excluding hydrogens is 312 g/mol. The Hall–Kier alpha value is -0.950. The Morgan fingerprint density at radius 2 is 2.30 bits per heavy atom. The predicted molar refractivity (Wildman–Crippen MR) is 90.5 cm³/mol. The molecule has 5 nitrogen and oxygen atoms in total. The molecule has 2 fully saturated rings. The van der Waals surface area contributed by atoms with Crippen molar-refractivity contribution in [3.05, 3.63) is 22.4 Å². The second-order valence-electron chi connectivity index (χ2n) is 6.65. The molecule has 0 bridgehead atoms. The Morgan fingerprint density at radius 3 is 3.00 bits per heavy atom. The summed E-state index contributed by atoms with van der Waals surface area (Å²) in [4.78, 5) is 14.4. The van der Waals surface area contributed by atoms with Gasteiger partial charge >= 0.3 is 0 Å². The average Bonchev–Trinajstić information content (AvgIpc) is 3.05. The maximum Gasteiger partial charge on any atom is 0.246 e. The standard InChI is InChI=1S/C17H26N2O3S/c1-21-12-16(20)18-15-11-22-8-5-17(15)3-6-19(7-4-17)10-14-2-9-23-13-14/h2,9,13,15H,3-8,10-12H2,1H3,(H,18,20)/t15-/m1/s1. The van der Waals surface area contributed by atoms with Crippen LogP contribution in [0.3, 0.4) is 0 Å². The summed E-state index contributed by atoms with van der Waals surface area (Å²) in [5.74, 6) is -0.0388. The van der Waals surface area contributed by atoms with Crippen molar-refractivity contribution < 1.29 is 14.3 Å². The zero-order valence-electron chi connectivity index (χ0n) is 13.8. The van der Waals surface area contributed by atoms with Crippen LogP contribution in [0.5, 0.6) is 0 Å². The predicted octanol–water partition coefficient (Wildman–Crippen LogP) is 1.88. The Kier molecular flexibility index (Phi) is 5.69. The Balaban J connectivity index is 1.58. The van der Waals surface area contributed by atoms with Gasteiger partial charge in [-0.1, -0.05) is 0 Å². The highest BCUT2D eigenvalue weighted by atomic mass is 32.1. The highest BCUT2D eigenvalue weighted by molar-refractivity contribution is 7.07. The van der Waals surface area contributed by atoms with Gasteiger partial charge < -0.3 is 14.8 Å². The van der Waals surface area contributed by atoms with E-state index < -0.39 is 0 Å². The Morgan fingerprint density at radius 1 is 1.48 bits per heavy atom. The number of amides is 1. The summed E-state index contributed by atoms with van der Waals surface area (Å²) in [5.41, 5.74) is 1.59. The normalized spacial score (nSPS) is 24.7. The summed E-state index contributed by atoms with van der Waals surface area (Å²) in [6, 6.07) is 2.32. The molecule has 0 aromatic carbocycles. The first-order chi connectivity index (χ1) is 11.2. The van der Waals surface area contributed by atoms with Crippen LogP contribution in [0.2, 0.25) is 0 Å². The van der Waals surface area contributed by atoms with E-state index in [4.69, 9.17) is 9.47 Å². The first-order valence-electron chi connectivity index (χ1n) is 8.31. The van der Waals surface area contributed by atoms with Gasteiger partial charge in [-0.05, 0) is 60.2 Å². The molecule has 6 heteroatoms. The molecule has 2 saturated heterocycles. The van der Waals surface area contributed by atoms with Gasteiger partial charge in [-0.3, -0.25) is 9.69 Å². The second kappa shape index (κ2) is 7.75. The van der Waals surface area contributed by atoms with Gasteiger partial charge in [0.2, 0.25) is 5.91 Å². The molecule has 0 unspecified atom stereocenters. The molecule has 2 aliphatic rings. The van der Waals surface area contributed by atoms with Crippen molar-refractivity contribution in [1.82, 2.24) is 10.2 Å². The first kappa shape index (κ1) is 16.9. The van der Waals surface area contributed by atoms with E-state index in [1.807, 2.05) is 0 Å². The molecule has 1 aromatic rings. The van der Waals surface area contributed by atoms with E-state index in [9.17, 15) is 4.79 Å². The van der Waals surface area contributed by atoms with Gasteiger partial charge in [-0.25, -0.2) is 0 Å². The molecular formula is C17H26N2O3S. The number of nitrogens with one attached hydrogen (secondary N) is 1. The van der Waals surface area contributed by atoms with Crippen LogP contribution in [0.25, 0.3) is 0 Å². The van der Waals surface area contributed by atoms with Crippen molar-refractivity contribution in [2.24, 2.45) is 5.41 Å². The maximum absolute atomic E-state index is 11.9. The van der Waals surface area contributed by atoms with Gasteiger partial charge in [0.25, 0.3) is 0 Å². The van der Waals surface area contributed by atoms with Gasteiger partial charge in [-0.2, -0.15) is 11.3 Å². The lowest BCUT2D eigenvalue weighted by Crippen LogP contribution is -2.57. The van der Waals surface area contributed by atoms with Crippen molar-refractivity contribution in [1.29, 1.82) is 0 Å². The van der Waals surface area contributed by atoms with Crippen LogP contribution in [0.1, 0.15) is 24.8 Å². The molecule has 0 saturated carbocycles. The zero-order valence-corrected chi connectivity index (χ0v) is 14.6. The average molecular weight is 338 g/mol. The van der Waals surface area contributed by atoms with Crippen LogP contribution in [0.15, 0.2) is 16.8 Å². The molecule has 0 radical (unpaired) electrons. The van der Waals surface area contributed by atoms with Gasteiger partial charge in [0.15, 0.2) is 0 Å². The van der Waals surface area contributed by atoms with E-state index in [2.05, 4.69) is 27.0 Å². The highest BCUT2D eigenvalue weighted by Gasteiger charge is 2.44. The molecule has 0 aliphatic carbocycles. The van der Waals surface area contributed by atoms with Gasteiger partial charge in [0.1, 0.15) is 6.61 Å². The largest absolute Gasteiger partial charge is 0.379 e.